The average Bonchev–Trinajstić information content (AvgIpc) is 2.79. The molecule has 2 fully saturated rings. The van der Waals surface area contributed by atoms with Gasteiger partial charge in [-0.05, 0) is 19.9 Å². The van der Waals surface area contributed by atoms with E-state index in [1.165, 1.54) is 11.9 Å². The number of piperazine rings is 1. The Bertz CT molecular complexity index is 724. The van der Waals surface area contributed by atoms with E-state index in [0.29, 0.717) is 32.1 Å². The van der Waals surface area contributed by atoms with Gasteiger partial charge in [-0.25, -0.2) is 14.8 Å². The normalized spacial score (nSPS) is 21.0. The summed E-state index contributed by atoms with van der Waals surface area (Å²) in [5.74, 6) is 0.250. The highest BCUT2D eigenvalue weighted by Crippen LogP contribution is 2.19. The third-order valence-corrected chi connectivity index (χ3v) is 4.93. The van der Waals surface area contributed by atoms with E-state index in [2.05, 4.69) is 14.9 Å². The van der Waals surface area contributed by atoms with E-state index in [1.807, 2.05) is 19.9 Å². The van der Waals surface area contributed by atoms with Crippen LogP contribution in [-0.4, -0.2) is 88.8 Å². The van der Waals surface area contributed by atoms with Gasteiger partial charge in [-0.1, -0.05) is 0 Å². The summed E-state index contributed by atoms with van der Waals surface area (Å²) in [6.07, 6.45) is 0.0193. The van der Waals surface area contributed by atoms with Crippen molar-refractivity contribution in [1.29, 1.82) is 0 Å². The third-order valence-electron chi connectivity index (χ3n) is 4.93. The molecule has 2 saturated heterocycles. The zero-order chi connectivity index (χ0) is 19.0. The summed E-state index contributed by atoms with van der Waals surface area (Å²) in [7, 11) is 2.99. The van der Waals surface area contributed by atoms with E-state index >= 15 is 0 Å². The molecule has 3 rings (SSSR count). The molecule has 140 valence electrons. The minimum absolute atomic E-state index is 0.0193. The van der Waals surface area contributed by atoms with Gasteiger partial charge in [0.25, 0.3) is 5.91 Å². The van der Waals surface area contributed by atoms with Crippen LogP contribution in [0.4, 0.5) is 10.7 Å². The van der Waals surface area contributed by atoms with Gasteiger partial charge >= 0.3 is 6.03 Å². The van der Waals surface area contributed by atoms with Crippen molar-refractivity contribution in [2.45, 2.75) is 26.3 Å². The van der Waals surface area contributed by atoms with Crippen molar-refractivity contribution < 1.29 is 14.4 Å². The summed E-state index contributed by atoms with van der Waals surface area (Å²) in [4.78, 5) is 51.6. The fourth-order valence-corrected chi connectivity index (χ4v) is 3.38. The second-order valence-corrected chi connectivity index (χ2v) is 6.83. The van der Waals surface area contributed by atoms with Gasteiger partial charge in [0.05, 0.1) is 6.42 Å². The molecule has 0 bridgehead atoms. The van der Waals surface area contributed by atoms with Gasteiger partial charge in [0, 0.05) is 51.7 Å². The maximum atomic E-state index is 12.6. The first-order valence-electron chi connectivity index (χ1n) is 8.67. The summed E-state index contributed by atoms with van der Waals surface area (Å²) in [5, 5.41) is 0. The number of aromatic nitrogens is 2. The molecule has 2 aliphatic heterocycles. The number of carbonyl (C=O) groups is 3. The number of hydrogen-bond donors (Lipinski definition) is 0. The number of hydrogen-bond acceptors (Lipinski definition) is 6. The Hall–Kier alpha value is -2.71. The van der Waals surface area contributed by atoms with Crippen molar-refractivity contribution in [2.75, 3.05) is 45.2 Å². The summed E-state index contributed by atoms with van der Waals surface area (Å²) >= 11 is 0. The first kappa shape index (κ1) is 18.1. The van der Waals surface area contributed by atoms with Crippen molar-refractivity contribution >= 4 is 23.8 Å². The summed E-state index contributed by atoms with van der Waals surface area (Å²) in [6.45, 7) is 6.24. The smallest absolute Gasteiger partial charge is 0.326 e. The first-order chi connectivity index (χ1) is 12.3. The van der Waals surface area contributed by atoms with Gasteiger partial charge in [-0.3, -0.25) is 14.5 Å². The number of nitrogens with zero attached hydrogens (tertiary/aromatic N) is 6. The lowest BCUT2D eigenvalue weighted by Gasteiger charge is -2.35. The largest absolute Gasteiger partial charge is 0.339 e. The number of rotatable bonds is 3. The van der Waals surface area contributed by atoms with Gasteiger partial charge in [0.2, 0.25) is 11.9 Å². The SMILES string of the molecule is Cc1cc(C)nc(N2CCN(C(=O)C[C@@H]3C(=O)N(C)C(=O)N3C)CC2)n1. The average molecular weight is 360 g/mol. The van der Waals surface area contributed by atoms with Crippen molar-refractivity contribution in [2.24, 2.45) is 0 Å². The van der Waals surface area contributed by atoms with Crippen molar-refractivity contribution in [3.63, 3.8) is 0 Å². The van der Waals surface area contributed by atoms with Gasteiger partial charge in [0.1, 0.15) is 6.04 Å². The number of imide groups is 1. The van der Waals surface area contributed by atoms with Crippen molar-refractivity contribution in [1.82, 2.24) is 24.7 Å². The molecule has 3 heterocycles. The van der Waals surface area contributed by atoms with Crippen LogP contribution in [0.15, 0.2) is 6.07 Å². The summed E-state index contributed by atoms with van der Waals surface area (Å²) in [5.41, 5.74) is 1.84. The zero-order valence-electron chi connectivity index (χ0n) is 15.6. The lowest BCUT2D eigenvalue weighted by molar-refractivity contribution is -0.136. The van der Waals surface area contributed by atoms with Gasteiger partial charge in [-0.2, -0.15) is 0 Å². The minimum atomic E-state index is -0.708. The van der Waals surface area contributed by atoms with E-state index in [-0.39, 0.29) is 24.3 Å². The monoisotopic (exact) mass is 360 g/mol. The number of amides is 4. The molecule has 2 aliphatic rings. The molecule has 26 heavy (non-hydrogen) atoms. The molecule has 0 radical (unpaired) electrons. The Kier molecular flexibility index (Phi) is 4.80. The minimum Gasteiger partial charge on any atom is -0.339 e. The second-order valence-electron chi connectivity index (χ2n) is 6.83. The molecule has 0 N–H and O–H groups in total. The number of carbonyl (C=O) groups excluding carboxylic acids is 3. The van der Waals surface area contributed by atoms with E-state index in [1.54, 1.807) is 11.9 Å². The van der Waals surface area contributed by atoms with Crippen LogP contribution in [0.5, 0.6) is 0 Å². The van der Waals surface area contributed by atoms with Crippen molar-refractivity contribution in [3.8, 4) is 0 Å². The van der Waals surface area contributed by atoms with E-state index < -0.39 is 6.04 Å². The molecule has 0 saturated carbocycles. The van der Waals surface area contributed by atoms with Crippen LogP contribution in [0, 0.1) is 13.8 Å². The number of anilines is 1. The fraction of sp³-hybridized carbons (Fsp3) is 0.588. The molecule has 1 aromatic heterocycles. The van der Waals surface area contributed by atoms with Crippen LogP contribution in [-0.2, 0) is 9.59 Å². The maximum absolute atomic E-state index is 12.6. The highest BCUT2D eigenvalue weighted by atomic mass is 16.2. The summed E-state index contributed by atoms with van der Waals surface area (Å²) < 4.78 is 0. The van der Waals surface area contributed by atoms with E-state index in [0.717, 1.165) is 16.3 Å². The standard InChI is InChI=1S/C17H24N6O3/c1-11-9-12(2)19-16(18-11)23-7-5-22(6-8-23)14(24)10-13-15(25)21(4)17(26)20(13)3/h9,13H,5-8,10H2,1-4H3/t13-/m1/s1. The Morgan fingerprint density at radius 3 is 2.15 bits per heavy atom. The topological polar surface area (TPSA) is 90.0 Å². The highest BCUT2D eigenvalue weighted by Gasteiger charge is 2.42. The van der Waals surface area contributed by atoms with Crippen LogP contribution in [0.3, 0.4) is 0 Å². The van der Waals surface area contributed by atoms with Crippen molar-refractivity contribution in [3.05, 3.63) is 17.5 Å². The van der Waals surface area contributed by atoms with Crippen LogP contribution in [0.2, 0.25) is 0 Å². The Balaban J connectivity index is 1.59. The molecule has 0 aliphatic carbocycles. The quantitative estimate of drug-likeness (QED) is 0.706. The molecular weight excluding hydrogens is 336 g/mol. The van der Waals surface area contributed by atoms with Gasteiger partial charge < -0.3 is 14.7 Å². The molecular formula is C17H24N6O3. The Labute approximate surface area is 152 Å². The van der Waals surface area contributed by atoms with E-state index in [9.17, 15) is 14.4 Å². The lowest BCUT2D eigenvalue weighted by Crippen LogP contribution is -2.50. The molecule has 9 heteroatoms. The molecule has 0 unspecified atom stereocenters. The third kappa shape index (κ3) is 3.33. The van der Waals surface area contributed by atoms with Crippen LogP contribution in [0.25, 0.3) is 0 Å². The van der Waals surface area contributed by atoms with Gasteiger partial charge in [-0.15, -0.1) is 0 Å². The predicted molar refractivity (Wildman–Crippen MR) is 94.6 cm³/mol. The van der Waals surface area contributed by atoms with Crippen LogP contribution >= 0.6 is 0 Å². The number of urea groups is 1. The molecule has 0 spiro atoms. The molecule has 1 atom stereocenters. The maximum Gasteiger partial charge on any atom is 0.326 e. The predicted octanol–water partition coefficient (Wildman–Crippen LogP) is 0.0245. The highest BCUT2D eigenvalue weighted by molar-refractivity contribution is 6.05. The lowest BCUT2D eigenvalue weighted by atomic mass is 10.1. The van der Waals surface area contributed by atoms with Crippen LogP contribution < -0.4 is 4.90 Å². The molecule has 9 nitrogen and oxygen atoms in total. The Morgan fingerprint density at radius 1 is 1.08 bits per heavy atom. The van der Waals surface area contributed by atoms with Gasteiger partial charge in [0.15, 0.2) is 0 Å². The molecule has 4 amide bonds. The van der Waals surface area contributed by atoms with Crippen LogP contribution in [0.1, 0.15) is 17.8 Å². The second kappa shape index (κ2) is 6.89. The summed E-state index contributed by atoms with van der Waals surface area (Å²) in [6, 6.07) is 0.849. The zero-order valence-corrected chi connectivity index (χ0v) is 15.6. The molecule has 0 aromatic carbocycles. The first-order valence-corrected chi connectivity index (χ1v) is 8.67. The van der Waals surface area contributed by atoms with E-state index in [4.69, 9.17) is 0 Å². The number of aryl methyl sites for hydroxylation is 2. The Morgan fingerprint density at radius 2 is 1.65 bits per heavy atom. The molecule has 1 aromatic rings. The fourth-order valence-electron chi connectivity index (χ4n) is 3.38. The number of likely N-dealkylation sites (N-methyl/N-ethyl adjacent to an activating group) is 2.